The van der Waals surface area contributed by atoms with Crippen molar-refractivity contribution in [3.8, 4) is 0 Å². The second-order valence-electron chi connectivity index (χ2n) is 3.91. The van der Waals surface area contributed by atoms with Gasteiger partial charge in [0.2, 0.25) is 15.8 Å². The molecule has 0 aliphatic heterocycles. The quantitative estimate of drug-likeness (QED) is 0.605. The number of sulfonamides is 1. The number of halogens is 1. The number of nitrogens with one attached hydrogen (secondary N) is 1. The molecule has 2 aromatic rings. The summed E-state index contributed by atoms with van der Waals surface area (Å²) in [5.41, 5.74) is -1.08. The molecule has 1 heterocycles. The maximum absolute atomic E-state index is 13.4. The number of nitro benzene ring substituents is 1. The van der Waals surface area contributed by atoms with Crippen molar-refractivity contribution in [2.24, 2.45) is 0 Å². The summed E-state index contributed by atoms with van der Waals surface area (Å²) in [6, 6.07) is 2.89. The summed E-state index contributed by atoms with van der Waals surface area (Å²) in [5, 5.41) is 18.0. The fourth-order valence-corrected chi connectivity index (χ4v) is 2.81. The van der Waals surface area contributed by atoms with E-state index in [0.717, 1.165) is 18.2 Å². The van der Waals surface area contributed by atoms with Gasteiger partial charge in [0.15, 0.2) is 4.90 Å². The molecule has 0 aliphatic rings. The largest absolute Gasteiger partial charge is 0.324 e. The van der Waals surface area contributed by atoms with Gasteiger partial charge >= 0.3 is 5.69 Å². The van der Waals surface area contributed by atoms with E-state index in [2.05, 4.69) is 15.0 Å². The molecule has 0 atom stereocenters. The van der Waals surface area contributed by atoms with Crippen molar-refractivity contribution in [2.75, 3.05) is 6.54 Å². The Hall–Kier alpha value is -2.40. The van der Waals surface area contributed by atoms with Gasteiger partial charge in [-0.25, -0.2) is 13.1 Å². The number of nitro groups is 1. The second kappa shape index (κ2) is 5.93. The summed E-state index contributed by atoms with van der Waals surface area (Å²) in [4.78, 5) is 9.02. The van der Waals surface area contributed by atoms with Crippen LogP contribution in [0.5, 0.6) is 0 Å². The SMILES string of the molecule is O=[N+]([O-])c1c(F)cccc1S(=O)(=O)NCCn1ccnn1. The van der Waals surface area contributed by atoms with Crippen molar-refractivity contribution in [3.63, 3.8) is 0 Å². The smallest absolute Gasteiger partial charge is 0.258 e. The van der Waals surface area contributed by atoms with Crippen LogP contribution in [0.25, 0.3) is 0 Å². The zero-order chi connectivity index (χ0) is 15.5. The minimum Gasteiger partial charge on any atom is -0.258 e. The normalized spacial score (nSPS) is 11.5. The average Bonchev–Trinajstić information content (AvgIpc) is 2.91. The molecule has 1 aromatic carbocycles. The summed E-state index contributed by atoms with van der Waals surface area (Å²) < 4.78 is 41.0. The van der Waals surface area contributed by atoms with Gasteiger partial charge in [-0.2, -0.15) is 4.39 Å². The van der Waals surface area contributed by atoms with Gasteiger partial charge in [0.25, 0.3) is 0 Å². The average molecular weight is 315 g/mol. The molecule has 2 rings (SSSR count). The molecule has 11 heteroatoms. The molecule has 0 unspecified atom stereocenters. The van der Waals surface area contributed by atoms with Crippen LogP contribution in [-0.2, 0) is 16.6 Å². The Morgan fingerprint density at radius 2 is 2.19 bits per heavy atom. The van der Waals surface area contributed by atoms with E-state index in [4.69, 9.17) is 0 Å². The summed E-state index contributed by atoms with van der Waals surface area (Å²) in [5.74, 6) is -1.21. The first-order valence-electron chi connectivity index (χ1n) is 5.68. The lowest BCUT2D eigenvalue weighted by Gasteiger charge is -2.07. The van der Waals surface area contributed by atoms with Gasteiger partial charge in [0.1, 0.15) is 0 Å². The molecule has 1 N–H and O–H groups in total. The third-order valence-electron chi connectivity index (χ3n) is 2.53. The monoisotopic (exact) mass is 315 g/mol. The van der Waals surface area contributed by atoms with E-state index >= 15 is 0 Å². The lowest BCUT2D eigenvalue weighted by molar-refractivity contribution is -0.390. The maximum atomic E-state index is 13.4. The molecule has 9 nitrogen and oxygen atoms in total. The Labute approximate surface area is 118 Å². The minimum atomic E-state index is -4.20. The van der Waals surface area contributed by atoms with Crippen molar-refractivity contribution in [1.29, 1.82) is 0 Å². The van der Waals surface area contributed by atoms with E-state index in [1.807, 2.05) is 0 Å². The van der Waals surface area contributed by atoms with E-state index in [1.165, 1.54) is 17.1 Å². The Morgan fingerprint density at radius 1 is 1.43 bits per heavy atom. The summed E-state index contributed by atoms with van der Waals surface area (Å²) in [6.45, 7) is 0.113. The zero-order valence-corrected chi connectivity index (χ0v) is 11.3. The van der Waals surface area contributed by atoms with E-state index in [9.17, 15) is 22.9 Å². The van der Waals surface area contributed by atoms with Crippen LogP contribution in [-0.4, -0.2) is 34.9 Å². The lowest BCUT2D eigenvalue weighted by Crippen LogP contribution is -2.28. The molecule has 0 spiro atoms. The van der Waals surface area contributed by atoms with Crippen LogP contribution in [0.1, 0.15) is 0 Å². The van der Waals surface area contributed by atoms with Crippen LogP contribution in [0.4, 0.5) is 10.1 Å². The molecule has 0 radical (unpaired) electrons. The number of hydrogen-bond donors (Lipinski definition) is 1. The minimum absolute atomic E-state index is 0.0701. The lowest BCUT2D eigenvalue weighted by atomic mass is 10.3. The Morgan fingerprint density at radius 3 is 2.81 bits per heavy atom. The molecule has 0 saturated carbocycles. The van der Waals surface area contributed by atoms with Crippen LogP contribution in [0, 0.1) is 15.9 Å². The second-order valence-corrected chi connectivity index (χ2v) is 5.64. The number of aromatic nitrogens is 3. The van der Waals surface area contributed by atoms with Crippen molar-refractivity contribution < 1.29 is 17.7 Å². The molecule has 0 amide bonds. The molecule has 21 heavy (non-hydrogen) atoms. The third kappa shape index (κ3) is 3.38. The number of nitrogens with zero attached hydrogens (tertiary/aromatic N) is 4. The van der Waals surface area contributed by atoms with Gasteiger partial charge in [0, 0.05) is 12.7 Å². The van der Waals surface area contributed by atoms with Gasteiger partial charge in [-0.15, -0.1) is 5.10 Å². The van der Waals surface area contributed by atoms with E-state index < -0.39 is 31.3 Å². The fourth-order valence-electron chi connectivity index (χ4n) is 1.61. The van der Waals surface area contributed by atoms with E-state index in [-0.39, 0.29) is 13.1 Å². The highest BCUT2D eigenvalue weighted by molar-refractivity contribution is 7.89. The van der Waals surface area contributed by atoms with Gasteiger partial charge in [0.05, 0.1) is 17.7 Å². The van der Waals surface area contributed by atoms with Gasteiger partial charge in [-0.05, 0) is 12.1 Å². The highest BCUT2D eigenvalue weighted by atomic mass is 32.2. The predicted octanol–water partition coefficient (Wildman–Crippen LogP) is 0.304. The van der Waals surface area contributed by atoms with Gasteiger partial charge in [-0.1, -0.05) is 11.3 Å². The number of para-hydroxylation sites is 1. The fraction of sp³-hybridized carbons (Fsp3) is 0.200. The Balaban J connectivity index is 2.20. The number of rotatable bonds is 6. The standard InChI is InChI=1S/C10H10FN5O4S/c11-8-2-1-3-9(10(8)16(17)18)21(19,20)13-5-7-15-6-4-12-14-15/h1-4,6,13H,5,7H2. The van der Waals surface area contributed by atoms with Crippen LogP contribution < -0.4 is 4.72 Å². The summed E-state index contributed by atoms with van der Waals surface area (Å²) >= 11 is 0. The molecule has 0 aliphatic carbocycles. The van der Waals surface area contributed by atoms with Crippen LogP contribution in [0.2, 0.25) is 0 Å². The van der Waals surface area contributed by atoms with Gasteiger partial charge < -0.3 is 0 Å². The number of benzene rings is 1. The third-order valence-corrected chi connectivity index (χ3v) is 4.02. The van der Waals surface area contributed by atoms with Crippen LogP contribution in [0.3, 0.4) is 0 Å². The topological polar surface area (TPSA) is 120 Å². The predicted molar refractivity (Wildman–Crippen MR) is 68.3 cm³/mol. The Bertz CT molecular complexity index is 747. The van der Waals surface area contributed by atoms with Crippen LogP contribution in [0.15, 0.2) is 35.5 Å². The van der Waals surface area contributed by atoms with Gasteiger partial charge in [-0.3, -0.25) is 14.8 Å². The molecule has 0 bridgehead atoms. The van der Waals surface area contributed by atoms with Crippen molar-refractivity contribution in [3.05, 3.63) is 46.5 Å². The van der Waals surface area contributed by atoms with E-state index in [1.54, 1.807) is 0 Å². The highest BCUT2D eigenvalue weighted by Gasteiger charge is 2.28. The first kappa shape index (κ1) is 15.0. The summed E-state index contributed by atoms with van der Waals surface area (Å²) in [6.07, 6.45) is 2.95. The van der Waals surface area contributed by atoms with Crippen molar-refractivity contribution in [2.45, 2.75) is 11.4 Å². The summed E-state index contributed by atoms with van der Waals surface area (Å²) in [7, 11) is -4.20. The first-order valence-corrected chi connectivity index (χ1v) is 7.17. The first-order chi connectivity index (χ1) is 9.92. The molecule has 0 saturated heterocycles. The molecule has 0 fully saturated rings. The Kier molecular flexibility index (Phi) is 4.23. The van der Waals surface area contributed by atoms with Crippen molar-refractivity contribution >= 4 is 15.7 Å². The number of hydrogen-bond acceptors (Lipinski definition) is 6. The molecular weight excluding hydrogens is 305 g/mol. The zero-order valence-electron chi connectivity index (χ0n) is 10.5. The maximum Gasteiger partial charge on any atom is 0.324 e. The van der Waals surface area contributed by atoms with Crippen LogP contribution >= 0.6 is 0 Å². The highest BCUT2D eigenvalue weighted by Crippen LogP contribution is 2.26. The van der Waals surface area contributed by atoms with Crippen molar-refractivity contribution in [1.82, 2.24) is 19.7 Å². The molecule has 112 valence electrons. The van der Waals surface area contributed by atoms with E-state index in [0.29, 0.717) is 0 Å². The molecule has 1 aromatic heterocycles. The molecular formula is C10H10FN5O4S.